The molecule has 0 spiro atoms. The zero-order valence-electron chi connectivity index (χ0n) is 21.6. The summed E-state index contributed by atoms with van der Waals surface area (Å²) in [5, 5.41) is 0. The van der Waals surface area contributed by atoms with E-state index in [1.807, 2.05) is 24.0 Å². The molecule has 0 radical (unpaired) electrons. The highest BCUT2D eigenvalue weighted by atomic mass is 19.4. The molecule has 1 aromatic heterocycles. The monoisotopic (exact) mass is 514 g/mol. The molecule has 0 atom stereocenters. The number of hydrogen-bond acceptors (Lipinski definition) is 4. The van der Waals surface area contributed by atoms with Gasteiger partial charge < -0.3 is 4.90 Å². The van der Waals surface area contributed by atoms with Gasteiger partial charge in [0.05, 0.1) is 16.8 Å². The molecular formula is C29H37F3N4O. The van der Waals surface area contributed by atoms with Crippen molar-refractivity contribution in [2.75, 3.05) is 39.3 Å². The summed E-state index contributed by atoms with van der Waals surface area (Å²) in [7, 11) is 0. The van der Waals surface area contributed by atoms with Gasteiger partial charge >= 0.3 is 6.18 Å². The zero-order chi connectivity index (χ0) is 26.0. The van der Waals surface area contributed by atoms with E-state index < -0.39 is 11.7 Å². The minimum atomic E-state index is -4.35. The summed E-state index contributed by atoms with van der Waals surface area (Å²) in [4.78, 5) is 25.0. The van der Waals surface area contributed by atoms with Crippen molar-refractivity contribution in [3.63, 3.8) is 0 Å². The Balaban J connectivity index is 1.23. The zero-order valence-corrected chi connectivity index (χ0v) is 21.6. The summed E-state index contributed by atoms with van der Waals surface area (Å²) in [6.45, 7) is 6.95. The lowest BCUT2D eigenvalue weighted by molar-refractivity contribution is -0.138. The average molecular weight is 515 g/mol. The fourth-order valence-electron chi connectivity index (χ4n) is 6.34. The third-order valence-corrected chi connectivity index (χ3v) is 8.43. The molecule has 8 heteroatoms. The van der Waals surface area contributed by atoms with Crippen molar-refractivity contribution >= 4 is 5.91 Å². The number of pyridine rings is 1. The van der Waals surface area contributed by atoms with Crippen LogP contribution in [0.15, 0.2) is 36.4 Å². The predicted octanol–water partition coefficient (Wildman–Crippen LogP) is 5.49. The van der Waals surface area contributed by atoms with Gasteiger partial charge in [-0.2, -0.15) is 13.2 Å². The van der Waals surface area contributed by atoms with Crippen LogP contribution < -0.4 is 0 Å². The molecular weight excluding hydrogens is 477 g/mol. The minimum Gasteiger partial charge on any atom is -0.336 e. The van der Waals surface area contributed by atoms with Crippen molar-refractivity contribution < 1.29 is 18.0 Å². The van der Waals surface area contributed by atoms with Crippen molar-refractivity contribution in [1.82, 2.24) is 19.7 Å². The molecule has 2 aromatic rings. The van der Waals surface area contributed by atoms with Gasteiger partial charge in [-0.05, 0) is 69.5 Å². The molecule has 5 nitrogen and oxygen atoms in total. The van der Waals surface area contributed by atoms with E-state index in [1.165, 1.54) is 31.7 Å². The number of aromatic nitrogens is 1. The summed E-state index contributed by atoms with van der Waals surface area (Å²) in [6.07, 6.45) is 2.39. The van der Waals surface area contributed by atoms with Crippen LogP contribution in [0.2, 0.25) is 0 Å². The molecule has 3 aliphatic rings. The Bertz CT molecular complexity index is 1080. The summed E-state index contributed by atoms with van der Waals surface area (Å²) >= 11 is 0. The molecule has 1 aromatic carbocycles. The van der Waals surface area contributed by atoms with E-state index in [0.29, 0.717) is 30.3 Å². The van der Waals surface area contributed by atoms with Crippen LogP contribution in [-0.4, -0.2) is 70.9 Å². The molecule has 0 bridgehead atoms. The van der Waals surface area contributed by atoms with Gasteiger partial charge in [-0.15, -0.1) is 0 Å². The molecule has 37 heavy (non-hydrogen) atoms. The van der Waals surface area contributed by atoms with Gasteiger partial charge in [0.2, 0.25) is 0 Å². The minimum absolute atomic E-state index is 0.0649. The highest BCUT2D eigenvalue weighted by Gasteiger charge is 2.34. The second-order valence-corrected chi connectivity index (χ2v) is 10.9. The number of carbonyl (C=O) groups excluding carboxylic acids is 1. The van der Waals surface area contributed by atoms with E-state index in [1.54, 1.807) is 12.1 Å². The first-order chi connectivity index (χ1) is 17.8. The standard InChI is InChI=1S/C29H37F3N4O/c1-21-10-11-25(28(37)36-18-16-35(17-19-36)24-7-3-4-8-24)27(33-21)22-12-14-34(15-13-22)20-23-6-2-5-9-26(23)29(30,31)32/h2,5-6,9-11,22,24H,3-4,7-8,12-20H2,1H3. The number of rotatable bonds is 5. The fourth-order valence-corrected chi connectivity index (χ4v) is 6.34. The summed E-state index contributed by atoms with van der Waals surface area (Å²) in [6, 6.07) is 10.4. The maximum absolute atomic E-state index is 13.6. The SMILES string of the molecule is Cc1ccc(C(=O)N2CCN(C3CCCC3)CC2)c(C2CCN(Cc3ccccc3C(F)(F)F)CC2)n1. The number of alkyl halides is 3. The van der Waals surface area contributed by atoms with Crippen LogP contribution in [-0.2, 0) is 12.7 Å². The number of piperidine rings is 1. The highest BCUT2D eigenvalue weighted by Crippen LogP contribution is 2.35. The van der Waals surface area contributed by atoms with E-state index in [0.717, 1.165) is 56.5 Å². The van der Waals surface area contributed by atoms with E-state index in [9.17, 15) is 18.0 Å². The topological polar surface area (TPSA) is 39.7 Å². The average Bonchev–Trinajstić information content (AvgIpc) is 3.44. The van der Waals surface area contributed by atoms with E-state index in [4.69, 9.17) is 4.98 Å². The summed E-state index contributed by atoms with van der Waals surface area (Å²) in [5.74, 6) is 0.197. The third-order valence-electron chi connectivity index (χ3n) is 8.43. The smallest absolute Gasteiger partial charge is 0.336 e. The number of benzene rings is 1. The van der Waals surface area contributed by atoms with Gasteiger partial charge in [0.25, 0.3) is 5.91 Å². The van der Waals surface area contributed by atoms with Gasteiger partial charge in [0, 0.05) is 50.4 Å². The molecule has 3 heterocycles. The molecule has 2 saturated heterocycles. The van der Waals surface area contributed by atoms with Crippen LogP contribution in [0.1, 0.15) is 77.3 Å². The van der Waals surface area contributed by atoms with Crippen LogP contribution >= 0.6 is 0 Å². The Labute approximate surface area is 217 Å². The maximum atomic E-state index is 13.6. The number of hydrogen-bond donors (Lipinski definition) is 0. The fraction of sp³-hybridized carbons (Fsp3) is 0.586. The number of carbonyl (C=O) groups is 1. The predicted molar refractivity (Wildman–Crippen MR) is 137 cm³/mol. The molecule has 3 fully saturated rings. The first kappa shape index (κ1) is 26.2. The van der Waals surface area contributed by atoms with E-state index in [2.05, 4.69) is 9.80 Å². The second-order valence-electron chi connectivity index (χ2n) is 10.9. The van der Waals surface area contributed by atoms with Gasteiger partial charge in [0.1, 0.15) is 0 Å². The molecule has 1 saturated carbocycles. The Morgan fingerprint density at radius 3 is 2.27 bits per heavy atom. The first-order valence-electron chi connectivity index (χ1n) is 13.7. The van der Waals surface area contributed by atoms with Crippen molar-refractivity contribution in [3.8, 4) is 0 Å². The molecule has 1 amide bonds. The lowest BCUT2D eigenvalue weighted by Crippen LogP contribution is -2.51. The van der Waals surface area contributed by atoms with Crippen molar-refractivity contribution in [1.29, 1.82) is 0 Å². The van der Waals surface area contributed by atoms with Crippen molar-refractivity contribution in [2.45, 2.75) is 70.1 Å². The van der Waals surface area contributed by atoms with E-state index >= 15 is 0 Å². The lowest BCUT2D eigenvalue weighted by Gasteiger charge is -2.38. The Hall–Kier alpha value is -2.45. The molecule has 0 unspecified atom stereocenters. The van der Waals surface area contributed by atoms with Crippen molar-refractivity contribution in [2.24, 2.45) is 0 Å². The van der Waals surface area contributed by atoms with Crippen LogP contribution in [0, 0.1) is 6.92 Å². The molecule has 1 aliphatic carbocycles. The van der Waals surface area contributed by atoms with Gasteiger partial charge in [-0.1, -0.05) is 31.0 Å². The number of amides is 1. The number of aryl methyl sites for hydroxylation is 1. The molecule has 5 rings (SSSR count). The first-order valence-corrected chi connectivity index (χ1v) is 13.7. The van der Waals surface area contributed by atoms with Crippen LogP contribution in [0.25, 0.3) is 0 Å². The van der Waals surface area contributed by atoms with Gasteiger partial charge in [-0.3, -0.25) is 19.6 Å². The summed E-state index contributed by atoms with van der Waals surface area (Å²) < 4.78 is 40.3. The third kappa shape index (κ3) is 6.01. The Kier molecular flexibility index (Phi) is 7.86. The molecule has 200 valence electrons. The highest BCUT2D eigenvalue weighted by molar-refractivity contribution is 5.95. The number of likely N-dealkylation sites (tertiary alicyclic amines) is 1. The van der Waals surface area contributed by atoms with Crippen LogP contribution in [0.3, 0.4) is 0 Å². The van der Waals surface area contributed by atoms with E-state index in [-0.39, 0.29) is 18.4 Å². The molecule has 2 aliphatic heterocycles. The largest absolute Gasteiger partial charge is 0.416 e. The second kappa shape index (κ2) is 11.1. The van der Waals surface area contributed by atoms with Crippen molar-refractivity contribution in [3.05, 3.63) is 64.5 Å². The summed E-state index contributed by atoms with van der Waals surface area (Å²) in [5.41, 5.74) is 2.20. The lowest BCUT2D eigenvalue weighted by atomic mass is 9.89. The molecule has 0 N–H and O–H groups in total. The Morgan fingerprint density at radius 2 is 1.59 bits per heavy atom. The number of halogens is 3. The number of piperazine rings is 1. The number of nitrogens with zero attached hydrogens (tertiary/aromatic N) is 4. The van der Waals surface area contributed by atoms with Crippen LogP contribution in [0.4, 0.5) is 13.2 Å². The van der Waals surface area contributed by atoms with Crippen LogP contribution in [0.5, 0.6) is 0 Å². The maximum Gasteiger partial charge on any atom is 0.416 e. The quantitative estimate of drug-likeness (QED) is 0.529. The Morgan fingerprint density at radius 1 is 0.919 bits per heavy atom. The van der Waals surface area contributed by atoms with Gasteiger partial charge in [0.15, 0.2) is 0 Å². The normalized spacial score (nSPS) is 21.0. The van der Waals surface area contributed by atoms with Gasteiger partial charge in [-0.25, -0.2) is 0 Å².